The molecule has 0 aliphatic carbocycles. The first kappa shape index (κ1) is 15.9. The summed E-state index contributed by atoms with van der Waals surface area (Å²) in [7, 11) is -4.00. The predicted octanol–water partition coefficient (Wildman–Crippen LogP) is -1.03. The maximum Gasteiger partial charge on any atom is 0.342 e. The van der Waals surface area contributed by atoms with E-state index in [1.807, 2.05) is 0 Å². The Kier molecular flexibility index (Phi) is 4.93. The highest BCUT2D eigenvalue weighted by Gasteiger charge is 2.37. The van der Waals surface area contributed by atoms with Crippen LogP contribution in [-0.2, 0) is 19.5 Å². The lowest BCUT2D eigenvalue weighted by Crippen LogP contribution is -2.50. The number of hydrogen-bond donors (Lipinski definition) is 2. The predicted molar refractivity (Wildman–Crippen MR) is 70.1 cm³/mol. The van der Waals surface area contributed by atoms with Gasteiger partial charge in [0.25, 0.3) is 10.0 Å². The standard InChI is InChI=1S/C11H17N3O6S/c1-2-20-11(16)9-5-12-13-10(9)21(17,18)14-3-4-19-7-8(14)6-15/h5,8,15H,2-4,6-7H2,1H3,(H,12,13). The number of morpholine rings is 1. The molecular weight excluding hydrogens is 302 g/mol. The SMILES string of the molecule is CCOC(=O)c1cn[nH]c1S(=O)(=O)N1CCOCC1CO. The van der Waals surface area contributed by atoms with Crippen LogP contribution < -0.4 is 0 Å². The van der Waals surface area contributed by atoms with Crippen LogP contribution in [0.1, 0.15) is 17.3 Å². The molecule has 1 aromatic heterocycles. The molecule has 0 bridgehead atoms. The normalized spacial score (nSPS) is 20.4. The van der Waals surface area contributed by atoms with Crippen molar-refractivity contribution in [1.29, 1.82) is 0 Å². The van der Waals surface area contributed by atoms with Gasteiger partial charge in [-0.3, -0.25) is 5.10 Å². The molecule has 1 saturated heterocycles. The fraction of sp³-hybridized carbons (Fsp3) is 0.636. The zero-order valence-corrected chi connectivity index (χ0v) is 12.3. The molecule has 1 unspecified atom stereocenters. The molecule has 0 spiro atoms. The lowest BCUT2D eigenvalue weighted by atomic mass is 10.3. The second kappa shape index (κ2) is 6.52. The minimum absolute atomic E-state index is 0.0921. The van der Waals surface area contributed by atoms with E-state index in [0.717, 1.165) is 10.5 Å². The van der Waals surface area contributed by atoms with Crippen molar-refractivity contribution in [3.8, 4) is 0 Å². The number of esters is 1. The Morgan fingerprint density at radius 2 is 2.43 bits per heavy atom. The van der Waals surface area contributed by atoms with Gasteiger partial charge < -0.3 is 14.6 Å². The number of aromatic nitrogens is 2. The average Bonchev–Trinajstić information content (AvgIpc) is 2.97. The Morgan fingerprint density at radius 1 is 1.67 bits per heavy atom. The monoisotopic (exact) mass is 319 g/mol. The highest BCUT2D eigenvalue weighted by atomic mass is 32.2. The fourth-order valence-corrected chi connectivity index (χ4v) is 3.69. The van der Waals surface area contributed by atoms with E-state index >= 15 is 0 Å². The summed E-state index contributed by atoms with van der Waals surface area (Å²) in [5, 5.41) is 14.9. The topological polar surface area (TPSA) is 122 Å². The lowest BCUT2D eigenvalue weighted by molar-refractivity contribution is 0.0107. The van der Waals surface area contributed by atoms with Gasteiger partial charge in [-0.2, -0.15) is 9.40 Å². The molecule has 118 valence electrons. The molecule has 0 saturated carbocycles. The largest absolute Gasteiger partial charge is 0.462 e. The summed E-state index contributed by atoms with van der Waals surface area (Å²) in [5.74, 6) is -0.765. The number of nitrogens with one attached hydrogen (secondary N) is 1. The fourth-order valence-electron chi connectivity index (χ4n) is 2.04. The van der Waals surface area contributed by atoms with Crippen molar-refractivity contribution in [2.45, 2.75) is 18.0 Å². The van der Waals surface area contributed by atoms with Gasteiger partial charge in [0.2, 0.25) is 0 Å². The zero-order chi connectivity index (χ0) is 15.5. The van der Waals surface area contributed by atoms with Crippen molar-refractivity contribution < 1.29 is 27.8 Å². The molecule has 1 atom stereocenters. The highest BCUT2D eigenvalue weighted by Crippen LogP contribution is 2.22. The van der Waals surface area contributed by atoms with E-state index in [0.29, 0.717) is 0 Å². The zero-order valence-electron chi connectivity index (χ0n) is 11.5. The summed E-state index contributed by atoms with van der Waals surface area (Å²) in [6.07, 6.45) is 1.11. The molecular formula is C11H17N3O6S. The molecule has 2 heterocycles. The number of carbonyl (C=O) groups excluding carboxylic acids is 1. The van der Waals surface area contributed by atoms with Crippen molar-refractivity contribution in [3.63, 3.8) is 0 Å². The van der Waals surface area contributed by atoms with Gasteiger partial charge in [-0.1, -0.05) is 0 Å². The van der Waals surface area contributed by atoms with Gasteiger partial charge in [0.1, 0.15) is 5.56 Å². The number of H-pyrrole nitrogens is 1. The third kappa shape index (κ3) is 3.07. The molecule has 1 fully saturated rings. The van der Waals surface area contributed by atoms with E-state index in [-0.39, 0.29) is 43.6 Å². The molecule has 10 heteroatoms. The van der Waals surface area contributed by atoms with Gasteiger partial charge in [0, 0.05) is 6.54 Å². The van der Waals surface area contributed by atoms with Crippen LogP contribution in [-0.4, -0.2) is 73.0 Å². The second-order valence-electron chi connectivity index (χ2n) is 4.36. The molecule has 1 aromatic rings. The summed E-state index contributed by atoms with van der Waals surface area (Å²) in [6, 6.07) is -0.693. The third-order valence-electron chi connectivity index (χ3n) is 3.05. The van der Waals surface area contributed by atoms with Gasteiger partial charge in [-0.05, 0) is 6.92 Å². The minimum Gasteiger partial charge on any atom is -0.462 e. The number of aliphatic hydroxyl groups excluding tert-OH is 1. The third-order valence-corrected chi connectivity index (χ3v) is 4.98. The summed E-state index contributed by atoms with van der Waals surface area (Å²) in [4.78, 5) is 11.8. The number of aliphatic hydroxyl groups is 1. The van der Waals surface area contributed by atoms with Crippen LogP contribution in [0.15, 0.2) is 11.2 Å². The Bertz CT molecular complexity index is 599. The van der Waals surface area contributed by atoms with Crippen molar-refractivity contribution in [2.75, 3.05) is 33.0 Å². The van der Waals surface area contributed by atoms with Crippen LogP contribution in [0.3, 0.4) is 0 Å². The average molecular weight is 319 g/mol. The Morgan fingerprint density at radius 3 is 3.10 bits per heavy atom. The summed E-state index contributed by atoms with van der Waals surface area (Å²) < 4.78 is 36.3. The Hall–Kier alpha value is -1.49. The maximum absolute atomic E-state index is 12.6. The van der Waals surface area contributed by atoms with E-state index < -0.39 is 22.0 Å². The number of hydrogen-bond acceptors (Lipinski definition) is 7. The second-order valence-corrected chi connectivity index (χ2v) is 6.19. The molecule has 0 radical (unpaired) electrons. The van der Waals surface area contributed by atoms with Crippen LogP contribution >= 0.6 is 0 Å². The van der Waals surface area contributed by atoms with Gasteiger partial charge >= 0.3 is 5.97 Å². The van der Waals surface area contributed by atoms with Crippen LogP contribution in [0.25, 0.3) is 0 Å². The Balaban J connectivity index is 2.35. The molecule has 2 N–H and O–H groups in total. The number of ether oxygens (including phenoxy) is 2. The molecule has 2 rings (SSSR count). The molecule has 9 nitrogen and oxygen atoms in total. The van der Waals surface area contributed by atoms with Crippen molar-refractivity contribution in [2.24, 2.45) is 0 Å². The number of sulfonamides is 1. The van der Waals surface area contributed by atoms with Crippen molar-refractivity contribution in [3.05, 3.63) is 11.8 Å². The van der Waals surface area contributed by atoms with E-state index in [1.165, 1.54) is 0 Å². The molecule has 1 aliphatic rings. The first-order valence-electron chi connectivity index (χ1n) is 6.43. The van der Waals surface area contributed by atoms with Crippen LogP contribution in [0, 0.1) is 0 Å². The lowest BCUT2D eigenvalue weighted by Gasteiger charge is -2.32. The Labute approximate surface area is 121 Å². The van der Waals surface area contributed by atoms with Gasteiger partial charge in [0.15, 0.2) is 5.03 Å². The molecule has 1 aliphatic heterocycles. The van der Waals surface area contributed by atoms with E-state index in [1.54, 1.807) is 6.92 Å². The quantitative estimate of drug-likeness (QED) is 0.665. The van der Waals surface area contributed by atoms with Crippen molar-refractivity contribution >= 4 is 16.0 Å². The molecule has 0 amide bonds. The first-order valence-corrected chi connectivity index (χ1v) is 7.87. The van der Waals surface area contributed by atoms with Crippen LogP contribution in [0.2, 0.25) is 0 Å². The molecule has 21 heavy (non-hydrogen) atoms. The van der Waals surface area contributed by atoms with E-state index in [4.69, 9.17) is 9.47 Å². The smallest absolute Gasteiger partial charge is 0.342 e. The number of aromatic amines is 1. The summed E-state index contributed by atoms with van der Waals surface area (Å²) >= 11 is 0. The number of carbonyl (C=O) groups is 1. The minimum atomic E-state index is -4.00. The first-order chi connectivity index (χ1) is 10.0. The molecule has 0 aromatic carbocycles. The summed E-state index contributed by atoms with van der Waals surface area (Å²) in [6.45, 7) is 1.78. The van der Waals surface area contributed by atoms with Crippen molar-refractivity contribution in [1.82, 2.24) is 14.5 Å². The summed E-state index contributed by atoms with van der Waals surface area (Å²) in [5.41, 5.74) is -0.153. The maximum atomic E-state index is 12.6. The number of nitrogens with zero attached hydrogens (tertiary/aromatic N) is 2. The van der Waals surface area contributed by atoms with Gasteiger partial charge in [0.05, 0.1) is 38.7 Å². The highest BCUT2D eigenvalue weighted by molar-refractivity contribution is 7.89. The van der Waals surface area contributed by atoms with Crippen LogP contribution in [0.5, 0.6) is 0 Å². The van der Waals surface area contributed by atoms with E-state index in [9.17, 15) is 18.3 Å². The number of rotatable bonds is 5. The van der Waals surface area contributed by atoms with Gasteiger partial charge in [-0.25, -0.2) is 13.2 Å². The van der Waals surface area contributed by atoms with Crippen LogP contribution in [0.4, 0.5) is 0 Å². The van der Waals surface area contributed by atoms with Gasteiger partial charge in [-0.15, -0.1) is 0 Å². The van der Waals surface area contributed by atoms with E-state index in [2.05, 4.69) is 10.2 Å².